The second kappa shape index (κ2) is 5.49. The van der Waals surface area contributed by atoms with Gasteiger partial charge in [0.05, 0.1) is 16.8 Å². The molecular formula is C13H14F3N3. The molecule has 102 valence electrons. The van der Waals surface area contributed by atoms with Crippen LogP contribution in [-0.4, -0.2) is 19.1 Å². The largest absolute Gasteiger partial charge is 0.416 e. The molecule has 0 aliphatic carbocycles. The molecule has 19 heavy (non-hydrogen) atoms. The van der Waals surface area contributed by atoms with Crippen molar-refractivity contribution in [3.05, 3.63) is 29.3 Å². The quantitative estimate of drug-likeness (QED) is 0.887. The van der Waals surface area contributed by atoms with Gasteiger partial charge in [0.25, 0.3) is 0 Å². The normalized spacial score (nSPS) is 19.2. The van der Waals surface area contributed by atoms with Crippen LogP contribution in [0.1, 0.15) is 24.0 Å². The Kier molecular flexibility index (Phi) is 3.96. The molecule has 1 saturated heterocycles. The Morgan fingerprint density at radius 1 is 1.42 bits per heavy atom. The maximum absolute atomic E-state index is 12.5. The third-order valence-corrected chi connectivity index (χ3v) is 3.17. The zero-order chi connectivity index (χ0) is 13.9. The summed E-state index contributed by atoms with van der Waals surface area (Å²) in [5.41, 5.74) is -0.328. The van der Waals surface area contributed by atoms with Crippen molar-refractivity contribution in [1.82, 2.24) is 5.32 Å². The monoisotopic (exact) mass is 269 g/mol. The molecule has 2 rings (SSSR count). The molecule has 0 amide bonds. The highest BCUT2D eigenvalue weighted by Gasteiger charge is 2.31. The number of alkyl halides is 3. The highest BCUT2D eigenvalue weighted by molar-refractivity contribution is 5.59. The molecule has 1 unspecified atom stereocenters. The molecule has 0 bridgehead atoms. The fourth-order valence-electron chi connectivity index (χ4n) is 2.13. The number of hydrogen-bond acceptors (Lipinski definition) is 3. The smallest absolute Gasteiger partial charge is 0.382 e. The zero-order valence-corrected chi connectivity index (χ0v) is 10.2. The molecule has 1 aliphatic rings. The van der Waals surface area contributed by atoms with E-state index in [4.69, 9.17) is 5.26 Å². The predicted molar refractivity (Wildman–Crippen MR) is 65.7 cm³/mol. The number of benzene rings is 1. The number of rotatable bonds is 3. The lowest BCUT2D eigenvalue weighted by molar-refractivity contribution is -0.137. The molecule has 2 N–H and O–H groups in total. The van der Waals surface area contributed by atoms with Crippen molar-refractivity contribution in [1.29, 1.82) is 5.26 Å². The summed E-state index contributed by atoms with van der Waals surface area (Å²) in [4.78, 5) is 0. The van der Waals surface area contributed by atoms with E-state index in [1.54, 1.807) is 6.07 Å². The van der Waals surface area contributed by atoms with Gasteiger partial charge in [-0.05, 0) is 37.6 Å². The van der Waals surface area contributed by atoms with Crippen LogP contribution in [0.4, 0.5) is 18.9 Å². The lowest BCUT2D eigenvalue weighted by Crippen LogP contribution is -2.29. The van der Waals surface area contributed by atoms with Crippen LogP contribution < -0.4 is 10.6 Å². The van der Waals surface area contributed by atoms with E-state index in [0.717, 1.165) is 31.5 Å². The molecule has 0 spiro atoms. The van der Waals surface area contributed by atoms with Crippen LogP contribution in [0.5, 0.6) is 0 Å². The fraction of sp³-hybridized carbons (Fsp3) is 0.462. The summed E-state index contributed by atoms with van der Waals surface area (Å²) in [6.45, 7) is 1.57. The van der Waals surface area contributed by atoms with E-state index in [1.807, 2.05) is 0 Å². The summed E-state index contributed by atoms with van der Waals surface area (Å²) >= 11 is 0. The summed E-state index contributed by atoms with van der Waals surface area (Å²) in [5.74, 6) is 0. The van der Waals surface area contributed by atoms with Gasteiger partial charge in [0.2, 0.25) is 0 Å². The molecule has 1 heterocycles. The van der Waals surface area contributed by atoms with Gasteiger partial charge in [0.15, 0.2) is 0 Å². The Morgan fingerprint density at radius 2 is 2.21 bits per heavy atom. The number of hydrogen-bond donors (Lipinski definition) is 2. The van der Waals surface area contributed by atoms with Crippen molar-refractivity contribution in [2.45, 2.75) is 25.1 Å². The standard InChI is InChI=1S/C13H14F3N3/c14-13(15,16)10-3-4-12(9(6-10)7-17)19-8-11-2-1-5-18-11/h3-4,6,11,18-19H,1-2,5,8H2. The van der Waals surface area contributed by atoms with Gasteiger partial charge in [-0.1, -0.05) is 0 Å². The summed E-state index contributed by atoms with van der Waals surface area (Å²) in [6, 6.07) is 5.30. The SMILES string of the molecule is N#Cc1cc(C(F)(F)F)ccc1NCC1CCCN1. The first kappa shape index (κ1) is 13.7. The number of anilines is 1. The number of nitrogens with zero attached hydrogens (tertiary/aromatic N) is 1. The minimum Gasteiger partial charge on any atom is -0.382 e. The Bertz CT molecular complexity index is 485. The summed E-state index contributed by atoms with van der Waals surface area (Å²) in [6.07, 6.45) is -2.28. The van der Waals surface area contributed by atoms with Gasteiger partial charge in [0.1, 0.15) is 6.07 Å². The lowest BCUT2D eigenvalue weighted by Gasteiger charge is -2.15. The maximum atomic E-state index is 12.5. The van der Waals surface area contributed by atoms with Gasteiger partial charge >= 0.3 is 6.18 Å². The molecule has 1 fully saturated rings. The minimum atomic E-state index is -4.42. The molecule has 1 atom stereocenters. The van der Waals surface area contributed by atoms with E-state index in [-0.39, 0.29) is 5.56 Å². The molecule has 0 radical (unpaired) electrons. The summed E-state index contributed by atoms with van der Waals surface area (Å²) in [7, 11) is 0. The molecule has 0 saturated carbocycles. The van der Waals surface area contributed by atoms with E-state index in [9.17, 15) is 13.2 Å². The highest BCUT2D eigenvalue weighted by atomic mass is 19.4. The van der Waals surface area contributed by atoms with E-state index in [0.29, 0.717) is 18.3 Å². The van der Waals surface area contributed by atoms with Crippen LogP contribution in [0.3, 0.4) is 0 Å². The van der Waals surface area contributed by atoms with Crippen LogP contribution in [0.2, 0.25) is 0 Å². The Morgan fingerprint density at radius 3 is 2.79 bits per heavy atom. The zero-order valence-electron chi connectivity index (χ0n) is 10.2. The third kappa shape index (κ3) is 3.38. The predicted octanol–water partition coefficient (Wildman–Crippen LogP) is 2.74. The van der Waals surface area contributed by atoms with Gasteiger partial charge in [-0.15, -0.1) is 0 Å². The van der Waals surface area contributed by atoms with Gasteiger partial charge in [-0.25, -0.2) is 0 Å². The molecule has 1 aromatic carbocycles. The van der Waals surface area contributed by atoms with Crippen molar-refractivity contribution in [2.24, 2.45) is 0 Å². The minimum absolute atomic E-state index is 0.0211. The Hall–Kier alpha value is -1.74. The first-order valence-electron chi connectivity index (χ1n) is 6.09. The van der Waals surface area contributed by atoms with Crippen molar-refractivity contribution in [2.75, 3.05) is 18.4 Å². The molecule has 6 heteroatoms. The van der Waals surface area contributed by atoms with E-state index in [1.165, 1.54) is 6.07 Å². The molecule has 1 aromatic rings. The van der Waals surface area contributed by atoms with Crippen LogP contribution in [0.25, 0.3) is 0 Å². The van der Waals surface area contributed by atoms with Gasteiger partial charge in [-0.2, -0.15) is 18.4 Å². The number of nitriles is 1. The molecule has 3 nitrogen and oxygen atoms in total. The summed E-state index contributed by atoms with van der Waals surface area (Å²) in [5, 5.41) is 15.2. The second-order valence-electron chi connectivity index (χ2n) is 4.54. The topological polar surface area (TPSA) is 47.9 Å². The van der Waals surface area contributed by atoms with Crippen molar-refractivity contribution < 1.29 is 13.2 Å². The van der Waals surface area contributed by atoms with Crippen molar-refractivity contribution >= 4 is 5.69 Å². The molecule has 0 aromatic heterocycles. The number of nitrogens with one attached hydrogen (secondary N) is 2. The average molecular weight is 269 g/mol. The second-order valence-corrected chi connectivity index (χ2v) is 4.54. The van der Waals surface area contributed by atoms with Crippen LogP contribution in [0.15, 0.2) is 18.2 Å². The third-order valence-electron chi connectivity index (χ3n) is 3.17. The van der Waals surface area contributed by atoms with E-state index < -0.39 is 11.7 Å². The van der Waals surface area contributed by atoms with Gasteiger partial charge in [0, 0.05) is 12.6 Å². The van der Waals surface area contributed by atoms with E-state index >= 15 is 0 Å². The van der Waals surface area contributed by atoms with Crippen LogP contribution in [0, 0.1) is 11.3 Å². The Labute approximate surface area is 109 Å². The van der Waals surface area contributed by atoms with Gasteiger partial charge < -0.3 is 10.6 Å². The van der Waals surface area contributed by atoms with Crippen molar-refractivity contribution in [3.63, 3.8) is 0 Å². The van der Waals surface area contributed by atoms with Gasteiger partial charge in [-0.3, -0.25) is 0 Å². The summed E-state index contributed by atoms with van der Waals surface area (Å²) < 4.78 is 37.6. The van der Waals surface area contributed by atoms with Crippen LogP contribution >= 0.6 is 0 Å². The van der Waals surface area contributed by atoms with Crippen LogP contribution in [-0.2, 0) is 6.18 Å². The van der Waals surface area contributed by atoms with E-state index in [2.05, 4.69) is 10.6 Å². The molecular weight excluding hydrogens is 255 g/mol. The Balaban J connectivity index is 2.10. The maximum Gasteiger partial charge on any atom is 0.416 e. The van der Waals surface area contributed by atoms with Crippen molar-refractivity contribution in [3.8, 4) is 6.07 Å². The first-order chi connectivity index (χ1) is 9.00. The first-order valence-corrected chi connectivity index (χ1v) is 6.09. The average Bonchev–Trinajstić information content (AvgIpc) is 2.88. The highest BCUT2D eigenvalue weighted by Crippen LogP contribution is 2.31. The number of halogens is 3. The lowest BCUT2D eigenvalue weighted by atomic mass is 10.1. The molecule has 1 aliphatic heterocycles. The fourth-order valence-corrected chi connectivity index (χ4v) is 2.13.